The van der Waals surface area contributed by atoms with Crippen LogP contribution in [0.1, 0.15) is 25.7 Å². The molecule has 1 heterocycles. The minimum absolute atomic E-state index is 0.111. The summed E-state index contributed by atoms with van der Waals surface area (Å²) in [6, 6.07) is 8.80. The second-order valence-electron chi connectivity index (χ2n) is 5.35. The molecule has 1 aromatic carbocycles. The molecule has 1 aliphatic carbocycles. The predicted octanol–water partition coefficient (Wildman–Crippen LogP) is 1.71. The molecule has 1 unspecified atom stereocenters. The van der Waals surface area contributed by atoms with E-state index in [-0.39, 0.29) is 24.3 Å². The number of para-hydroxylation sites is 1. The molecule has 0 spiro atoms. The van der Waals surface area contributed by atoms with Gasteiger partial charge in [-0.25, -0.2) is 4.90 Å². The smallest absolute Gasteiger partial charge is 0.251 e. The van der Waals surface area contributed by atoms with Crippen molar-refractivity contribution in [1.29, 1.82) is 0 Å². The van der Waals surface area contributed by atoms with E-state index in [0.717, 1.165) is 18.9 Å². The topological polar surface area (TPSA) is 49.4 Å². The Balaban J connectivity index is 1.63. The maximum absolute atomic E-state index is 12.3. The molecule has 2 aliphatic rings. The van der Waals surface area contributed by atoms with Crippen LogP contribution in [0, 0.1) is 5.92 Å². The van der Waals surface area contributed by atoms with Crippen LogP contribution in [-0.4, -0.2) is 24.4 Å². The van der Waals surface area contributed by atoms with Gasteiger partial charge in [-0.1, -0.05) is 31.0 Å². The molecule has 0 bridgehead atoms. The number of anilines is 1. The minimum atomic E-state index is -0.341. The number of carbonyl (C=O) groups is 2. The molecule has 3 rings (SSSR count). The maximum Gasteiger partial charge on any atom is 0.251 e. The van der Waals surface area contributed by atoms with Gasteiger partial charge in [-0.15, -0.1) is 0 Å². The van der Waals surface area contributed by atoms with E-state index >= 15 is 0 Å². The predicted molar refractivity (Wildman–Crippen MR) is 72.7 cm³/mol. The molecule has 2 fully saturated rings. The van der Waals surface area contributed by atoms with Crippen molar-refractivity contribution in [2.24, 2.45) is 5.92 Å². The van der Waals surface area contributed by atoms with Crippen molar-refractivity contribution in [3.05, 3.63) is 30.3 Å². The molecule has 1 atom stereocenters. The van der Waals surface area contributed by atoms with Crippen LogP contribution >= 0.6 is 0 Å². The van der Waals surface area contributed by atoms with Crippen LogP contribution in [0.15, 0.2) is 30.3 Å². The summed E-state index contributed by atoms with van der Waals surface area (Å²) in [5.41, 5.74) is 0.670. The van der Waals surface area contributed by atoms with Crippen LogP contribution in [0.5, 0.6) is 0 Å². The standard InChI is InChI=1S/C15H18N2O2/c18-14-10-13(16-9-8-11-6-7-11)15(19)17(14)12-4-2-1-3-5-12/h1-5,11,13,16H,6-10H2. The van der Waals surface area contributed by atoms with E-state index in [1.54, 1.807) is 12.1 Å². The summed E-state index contributed by atoms with van der Waals surface area (Å²) in [6.07, 6.45) is 4.02. The zero-order valence-corrected chi connectivity index (χ0v) is 10.8. The molecule has 0 aromatic heterocycles. The number of nitrogens with one attached hydrogen (secondary N) is 1. The lowest BCUT2D eigenvalue weighted by atomic mass is 10.2. The van der Waals surface area contributed by atoms with Crippen molar-refractivity contribution < 1.29 is 9.59 Å². The highest BCUT2D eigenvalue weighted by atomic mass is 16.2. The Bertz CT molecular complexity index is 482. The van der Waals surface area contributed by atoms with Gasteiger partial charge in [0.1, 0.15) is 0 Å². The highest BCUT2D eigenvalue weighted by Crippen LogP contribution is 2.32. The molecule has 1 aromatic rings. The fourth-order valence-corrected chi connectivity index (χ4v) is 2.51. The first-order valence-electron chi connectivity index (χ1n) is 6.91. The Labute approximate surface area is 112 Å². The molecule has 0 radical (unpaired) electrons. The van der Waals surface area contributed by atoms with Gasteiger partial charge < -0.3 is 5.32 Å². The fourth-order valence-electron chi connectivity index (χ4n) is 2.51. The molecule has 1 N–H and O–H groups in total. The second-order valence-corrected chi connectivity index (χ2v) is 5.35. The number of nitrogens with zero attached hydrogens (tertiary/aromatic N) is 1. The summed E-state index contributed by atoms with van der Waals surface area (Å²) in [5, 5.41) is 3.22. The highest BCUT2D eigenvalue weighted by molar-refractivity contribution is 6.22. The number of carbonyl (C=O) groups excluding carboxylic acids is 2. The summed E-state index contributed by atoms with van der Waals surface area (Å²) in [4.78, 5) is 25.5. The SMILES string of the molecule is O=C1CC(NCCC2CC2)C(=O)N1c1ccccc1. The van der Waals surface area contributed by atoms with Crippen molar-refractivity contribution in [3.63, 3.8) is 0 Å². The van der Waals surface area contributed by atoms with Gasteiger partial charge >= 0.3 is 0 Å². The van der Waals surface area contributed by atoms with Crippen molar-refractivity contribution >= 4 is 17.5 Å². The van der Waals surface area contributed by atoms with Gasteiger partial charge in [0.25, 0.3) is 5.91 Å². The first-order valence-corrected chi connectivity index (χ1v) is 6.91. The number of hydrogen-bond donors (Lipinski definition) is 1. The van der Waals surface area contributed by atoms with E-state index in [9.17, 15) is 9.59 Å². The molecule has 4 heteroatoms. The zero-order valence-electron chi connectivity index (χ0n) is 10.8. The van der Waals surface area contributed by atoms with E-state index < -0.39 is 0 Å². The molecular formula is C15H18N2O2. The lowest BCUT2D eigenvalue weighted by molar-refractivity contribution is -0.121. The fraction of sp³-hybridized carbons (Fsp3) is 0.467. The van der Waals surface area contributed by atoms with Crippen molar-refractivity contribution in [3.8, 4) is 0 Å². The molecular weight excluding hydrogens is 240 g/mol. The average molecular weight is 258 g/mol. The number of rotatable bonds is 5. The number of amides is 2. The molecule has 100 valence electrons. The molecule has 1 aliphatic heterocycles. The average Bonchev–Trinajstić information content (AvgIpc) is 3.18. The van der Waals surface area contributed by atoms with E-state index in [2.05, 4.69) is 5.32 Å². The monoisotopic (exact) mass is 258 g/mol. The van der Waals surface area contributed by atoms with Crippen molar-refractivity contribution in [2.45, 2.75) is 31.7 Å². The first-order chi connectivity index (χ1) is 9.25. The van der Waals surface area contributed by atoms with Gasteiger partial charge in [0, 0.05) is 0 Å². The van der Waals surface area contributed by atoms with E-state index in [1.165, 1.54) is 17.7 Å². The molecule has 4 nitrogen and oxygen atoms in total. The third kappa shape index (κ3) is 2.68. The summed E-state index contributed by atoms with van der Waals surface area (Å²) >= 11 is 0. The van der Waals surface area contributed by atoms with Gasteiger partial charge in [0.2, 0.25) is 5.91 Å². The lowest BCUT2D eigenvalue weighted by Gasteiger charge is -2.15. The Kier molecular flexibility index (Phi) is 3.34. The summed E-state index contributed by atoms with van der Waals surface area (Å²) in [7, 11) is 0. The first kappa shape index (κ1) is 12.4. The van der Waals surface area contributed by atoms with Gasteiger partial charge in [-0.2, -0.15) is 0 Å². The van der Waals surface area contributed by atoms with Crippen LogP contribution < -0.4 is 10.2 Å². The third-order valence-corrected chi connectivity index (χ3v) is 3.80. The van der Waals surface area contributed by atoms with E-state index in [4.69, 9.17) is 0 Å². The Hall–Kier alpha value is -1.68. The molecule has 19 heavy (non-hydrogen) atoms. The molecule has 1 saturated carbocycles. The number of hydrogen-bond acceptors (Lipinski definition) is 3. The van der Waals surface area contributed by atoms with Crippen molar-refractivity contribution in [1.82, 2.24) is 5.32 Å². The van der Waals surface area contributed by atoms with Crippen LogP contribution in [0.3, 0.4) is 0 Å². The van der Waals surface area contributed by atoms with Crippen LogP contribution in [0.2, 0.25) is 0 Å². The zero-order chi connectivity index (χ0) is 13.2. The Morgan fingerprint density at radius 3 is 2.58 bits per heavy atom. The second kappa shape index (κ2) is 5.13. The number of imide groups is 1. The maximum atomic E-state index is 12.3. The van der Waals surface area contributed by atoms with Gasteiger partial charge in [0.15, 0.2) is 0 Å². The van der Waals surface area contributed by atoms with Crippen molar-refractivity contribution in [2.75, 3.05) is 11.4 Å². The number of benzene rings is 1. The highest BCUT2D eigenvalue weighted by Gasteiger charge is 2.39. The van der Waals surface area contributed by atoms with Crippen LogP contribution in [-0.2, 0) is 9.59 Å². The lowest BCUT2D eigenvalue weighted by Crippen LogP contribution is -2.39. The van der Waals surface area contributed by atoms with E-state index in [0.29, 0.717) is 5.69 Å². The van der Waals surface area contributed by atoms with Crippen LogP contribution in [0.4, 0.5) is 5.69 Å². The quantitative estimate of drug-likeness (QED) is 0.818. The van der Waals surface area contributed by atoms with Gasteiger partial charge in [-0.3, -0.25) is 9.59 Å². The largest absolute Gasteiger partial charge is 0.305 e. The summed E-state index contributed by atoms with van der Waals surface area (Å²) in [6.45, 7) is 0.830. The summed E-state index contributed by atoms with van der Waals surface area (Å²) in [5.74, 6) is 0.608. The van der Waals surface area contributed by atoms with Gasteiger partial charge in [-0.05, 0) is 31.0 Å². The summed E-state index contributed by atoms with van der Waals surface area (Å²) < 4.78 is 0. The third-order valence-electron chi connectivity index (χ3n) is 3.80. The normalized spacial score (nSPS) is 23.2. The Morgan fingerprint density at radius 1 is 1.16 bits per heavy atom. The van der Waals surface area contributed by atoms with E-state index in [1.807, 2.05) is 18.2 Å². The van der Waals surface area contributed by atoms with Gasteiger partial charge in [0.05, 0.1) is 18.2 Å². The Morgan fingerprint density at radius 2 is 1.89 bits per heavy atom. The molecule has 1 saturated heterocycles. The van der Waals surface area contributed by atoms with Crippen LogP contribution in [0.25, 0.3) is 0 Å². The minimum Gasteiger partial charge on any atom is -0.305 e. The molecule has 2 amide bonds.